The lowest BCUT2D eigenvalue weighted by atomic mass is 9.79. The van der Waals surface area contributed by atoms with Crippen LogP contribution in [-0.4, -0.2) is 46.0 Å². The van der Waals surface area contributed by atoms with Gasteiger partial charge in [0.1, 0.15) is 11.4 Å². The summed E-state index contributed by atoms with van der Waals surface area (Å²) in [6.07, 6.45) is 3.64. The third-order valence-corrected chi connectivity index (χ3v) is 6.03. The highest BCUT2D eigenvalue weighted by Crippen LogP contribution is 2.36. The van der Waals surface area contributed by atoms with Crippen molar-refractivity contribution in [3.05, 3.63) is 59.9 Å². The van der Waals surface area contributed by atoms with E-state index < -0.39 is 11.5 Å². The van der Waals surface area contributed by atoms with Crippen molar-refractivity contribution in [1.29, 1.82) is 0 Å². The zero-order valence-electron chi connectivity index (χ0n) is 17.3. The van der Waals surface area contributed by atoms with E-state index in [1.807, 2.05) is 31.2 Å². The molecule has 1 fully saturated rings. The molecule has 4 N–H and O–H groups in total. The normalized spacial score (nSPS) is 17.6. The van der Waals surface area contributed by atoms with Crippen molar-refractivity contribution in [3.8, 4) is 0 Å². The van der Waals surface area contributed by atoms with Gasteiger partial charge >= 0.3 is 0 Å². The maximum atomic E-state index is 11.4. The first-order valence-electron chi connectivity index (χ1n) is 10.2. The van der Waals surface area contributed by atoms with Gasteiger partial charge in [0, 0.05) is 28.9 Å². The van der Waals surface area contributed by atoms with E-state index in [1.165, 1.54) is 0 Å². The average Bonchev–Trinajstić information content (AvgIpc) is 2.73. The van der Waals surface area contributed by atoms with Gasteiger partial charge in [-0.05, 0) is 76.2 Å². The summed E-state index contributed by atoms with van der Waals surface area (Å²) in [7, 11) is 2.11. The number of rotatable bonds is 5. The minimum absolute atomic E-state index is 0.176. The Morgan fingerprint density at radius 3 is 2.73 bits per heavy atom. The molecule has 3 heterocycles. The molecule has 156 valence electrons. The Labute approximate surface area is 175 Å². The number of amides is 1. The van der Waals surface area contributed by atoms with E-state index >= 15 is 0 Å². The fourth-order valence-electron chi connectivity index (χ4n) is 4.04. The minimum Gasteiger partial charge on any atom is -0.384 e. The maximum absolute atomic E-state index is 11.4. The number of pyridine rings is 2. The summed E-state index contributed by atoms with van der Waals surface area (Å²) in [5.41, 5.74) is 6.95. The number of primary amides is 1. The van der Waals surface area contributed by atoms with Gasteiger partial charge in [-0.15, -0.1) is 0 Å². The van der Waals surface area contributed by atoms with E-state index in [-0.39, 0.29) is 5.92 Å². The summed E-state index contributed by atoms with van der Waals surface area (Å²) in [4.78, 5) is 22.9. The van der Waals surface area contributed by atoms with E-state index in [9.17, 15) is 9.90 Å². The smallest absolute Gasteiger partial charge is 0.248 e. The number of nitrogens with zero attached hydrogens (tertiary/aromatic N) is 3. The maximum Gasteiger partial charge on any atom is 0.248 e. The van der Waals surface area contributed by atoms with Crippen molar-refractivity contribution in [2.75, 3.05) is 25.5 Å². The molecule has 30 heavy (non-hydrogen) atoms. The third-order valence-electron chi connectivity index (χ3n) is 6.03. The molecule has 1 amide bonds. The number of nitrogens with two attached hydrogens (primary N) is 1. The SMILES string of the molecule is CN1CCC([C@@](C)(O)c2ccc3cnc(Nc4cccc(C(N)=O)c4)cc3n2)CC1. The van der Waals surface area contributed by atoms with Crippen LogP contribution in [0.25, 0.3) is 10.9 Å². The second kappa shape index (κ2) is 8.01. The van der Waals surface area contributed by atoms with Gasteiger partial charge in [-0.2, -0.15) is 0 Å². The summed E-state index contributed by atoms with van der Waals surface area (Å²) < 4.78 is 0. The van der Waals surface area contributed by atoms with Gasteiger partial charge in [-0.1, -0.05) is 6.07 Å². The van der Waals surface area contributed by atoms with Crippen LogP contribution in [0.5, 0.6) is 0 Å². The monoisotopic (exact) mass is 405 g/mol. The first-order valence-corrected chi connectivity index (χ1v) is 10.2. The highest BCUT2D eigenvalue weighted by molar-refractivity contribution is 5.94. The Hall–Kier alpha value is -3.03. The number of carbonyl (C=O) groups is 1. The highest BCUT2D eigenvalue weighted by Gasteiger charge is 2.36. The van der Waals surface area contributed by atoms with Crippen LogP contribution in [0, 0.1) is 5.92 Å². The van der Waals surface area contributed by atoms with E-state index in [1.54, 1.807) is 24.4 Å². The van der Waals surface area contributed by atoms with Gasteiger partial charge in [0.25, 0.3) is 0 Å². The third kappa shape index (κ3) is 4.13. The van der Waals surface area contributed by atoms with Crippen LogP contribution in [0.15, 0.2) is 48.7 Å². The van der Waals surface area contributed by atoms with Crippen LogP contribution >= 0.6 is 0 Å². The quantitative estimate of drug-likeness (QED) is 0.603. The number of nitrogens with one attached hydrogen (secondary N) is 1. The van der Waals surface area contributed by atoms with Crippen LogP contribution in [0.2, 0.25) is 0 Å². The van der Waals surface area contributed by atoms with Crippen LogP contribution in [-0.2, 0) is 5.60 Å². The fraction of sp³-hybridized carbons (Fsp3) is 0.348. The molecule has 1 atom stereocenters. The Morgan fingerprint density at radius 2 is 2.00 bits per heavy atom. The Morgan fingerprint density at radius 1 is 1.23 bits per heavy atom. The molecule has 1 aromatic carbocycles. The van der Waals surface area contributed by atoms with Gasteiger partial charge in [0.05, 0.1) is 11.2 Å². The Bertz CT molecular complexity index is 1070. The zero-order chi connectivity index (χ0) is 21.3. The number of likely N-dealkylation sites (tertiary alicyclic amines) is 1. The number of hydrogen-bond donors (Lipinski definition) is 3. The molecular formula is C23H27N5O2. The molecule has 0 unspecified atom stereocenters. The number of benzene rings is 1. The molecular weight excluding hydrogens is 378 g/mol. The summed E-state index contributed by atoms with van der Waals surface area (Å²) in [6, 6.07) is 12.6. The summed E-state index contributed by atoms with van der Waals surface area (Å²) >= 11 is 0. The minimum atomic E-state index is -0.984. The molecule has 0 spiro atoms. The van der Waals surface area contributed by atoms with Crippen molar-refractivity contribution >= 4 is 28.3 Å². The molecule has 3 aromatic rings. The van der Waals surface area contributed by atoms with E-state index in [4.69, 9.17) is 10.7 Å². The van der Waals surface area contributed by atoms with E-state index in [2.05, 4.69) is 22.2 Å². The molecule has 7 heteroatoms. The number of carbonyl (C=O) groups excluding carboxylic acids is 1. The molecule has 7 nitrogen and oxygen atoms in total. The first kappa shape index (κ1) is 20.3. The van der Waals surface area contributed by atoms with Gasteiger partial charge in [-0.25, -0.2) is 9.97 Å². The number of hydrogen-bond acceptors (Lipinski definition) is 6. The number of aromatic nitrogens is 2. The van der Waals surface area contributed by atoms with Crippen molar-refractivity contribution in [2.45, 2.75) is 25.4 Å². The lowest BCUT2D eigenvalue weighted by Crippen LogP contribution is -2.41. The van der Waals surface area contributed by atoms with Crippen molar-refractivity contribution in [3.63, 3.8) is 0 Å². The van der Waals surface area contributed by atoms with Gasteiger partial charge in [0.15, 0.2) is 0 Å². The van der Waals surface area contributed by atoms with Crippen molar-refractivity contribution in [1.82, 2.24) is 14.9 Å². The van der Waals surface area contributed by atoms with Crippen LogP contribution in [0.1, 0.15) is 35.8 Å². The van der Waals surface area contributed by atoms with E-state index in [0.29, 0.717) is 22.8 Å². The summed E-state index contributed by atoms with van der Waals surface area (Å²) in [6.45, 7) is 3.83. The molecule has 1 saturated heterocycles. The molecule has 2 aromatic heterocycles. The van der Waals surface area contributed by atoms with Crippen molar-refractivity contribution in [2.24, 2.45) is 11.7 Å². The number of fused-ring (bicyclic) bond motifs is 1. The summed E-state index contributed by atoms with van der Waals surface area (Å²) in [5, 5.41) is 15.4. The lowest BCUT2D eigenvalue weighted by molar-refractivity contribution is -0.0334. The number of piperidine rings is 1. The molecule has 0 bridgehead atoms. The van der Waals surface area contributed by atoms with Gasteiger partial charge in [0.2, 0.25) is 5.91 Å². The molecule has 4 rings (SSSR count). The number of aliphatic hydroxyl groups is 1. The molecule has 1 aliphatic rings. The predicted molar refractivity (Wildman–Crippen MR) is 118 cm³/mol. The number of anilines is 2. The standard InChI is InChI=1S/C23H27N5O2/c1-23(30,17-8-10-28(2)11-9-17)20-7-6-16-14-25-21(13-19(16)27-20)26-18-5-3-4-15(12-18)22(24)29/h3-7,12-14,17,30H,8-11H2,1-2H3,(H2,24,29)(H,25,26)/t23-/m1/s1. The second-order valence-electron chi connectivity index (χ2n) is 8.25. The van der Waals surface area contributed by atoms with Crippen molar-refractivity contribution < 1.29 is 9.90 Å². The molecule has 0 aliphatic carbocycles. The summed E-state index contributed by atoms with van der Waals surface area (Å²) in [5.74, 6) is 0.301. The largest absolute Gasteiger partial charge is 0.384 e. The Kier molecular flexibility index (Phi) is 5.40. The average molecular weight is 406 g/mol. The van der Waals surface area contributed by atoms with Crippen LogP contribution in [0.4, 0.5) is 11.5 Å². The predicted octanol–water partition coefficient (Wildman–Crippen LogP) is 3.02. The first-order chi connectivity index (χ1) is 14.3. The molecule has 0 saturated carbocycles. The lowest BCUT2D eigenvalue weighted by Gasteiger charge is -2.38. The highest BCUT2D eigenvalue weighted by atomic mass is 16.3. The van der Waals surface area contributed by atoms with Gasteiger partial charge in [-0.3, -0.25) is 4.79 Å². The topological polar surface area (TPSA) is 104 Å². The molecule has 1 aliphatic heterocycles. The zero-order valence-corrected chi connectivity index (χ0v) is 17.3. The van der Waals surface area contributed by atoms with Gasteiger partial charge < -0.3 is 21.1 Å². The molecule has 0 radical (unpaired) electrons. The fourth-order valence-corrected chi connectivity index (χ4v) is 4.04. The second-order valence-corrected chi connectivity index (χ2v) is 8.25. The Balaban J connectivity index is 1.61. The van der Waals surface area contributed by atoms with Crippen LogP contribution < -0.4 is 11.1 Å². The van der Waals surface area contributed by atoms with Crippen LogP contribution in [0.3, 0.4) is 0 Å². The van der Waals surface area contributed by atoms with E-state index in [0.717, 1.165) is 36.8 Å².